The van der Waals surface area contributed by atoms with Gasteiger partial charge in [-0.05, 0) is 55.7 Å². The lowest BCUT2D eigenvalue weighted by molar-refractivity contribution is -0.144. The predicted molar refractivity (Wildman–Crippen MR) is 162 cm³/mol. The number of benzene rings is 1. The molecule has 2 fully saturated rings. The van der Waals surface area contributed by atoms with Gasteiger partial charge in [0.2, 0.25) is 11.7 Å². The van der Waals surface area contributed by atoms with Gasteiger partial charge in [0, 0.05) is 51.9 Å². The standard InChI is InChI=1S/C29H38F3N11O2/c30-29(31,32)26-40-23(42-14-7-20(8-15-42)6-11-38-28(45)39-13-12-37-27(34)35)17-24(41-26)43-16-9-22(43)25(44)36-10-5-19-1-3-21(18-33)4-2-19/h1-4,17,20,22H,5-16H2,(H,36,44)(H4,34,35,37)(H2,38,39,45)/t22-/m0/s1. The van der Waals surface area contributed by atoms with Gasteiger partial charge < -0.3 is 36.8 Å². The maximum absolute atomic E-state index is 13.8. The summed E-state index contributed by atoms with van der Waals surface area (Å²) in [5.41, 5.74) is 6.69. The molecule has 13 nitrogen and oxygen atoms in total. The molecule has 0 spiro atoms. The Morgan fingerprint density at radius 3 is 2.24 bits per heavy atom. The fourth-order valence-corrected chi connectivity index (χ4v) is 5.26. The predicted octanol–water partition coefficient (Wildman–Crippen LogP) is 1.69. The Hall–Kier alpha value is -4.81. The third-order valence-corrected chi connectivity index (χ3v) is 7.87. The van der Waals surface area contributed by atoms with E-state index in [2.05, 4.69) is 37.3 Å². The van der Waals surface area contributed by atoms with E-state index in [1.807, 2.05) is 17.0 Å². The van der Waals surface area contributed by atoms with E-state index < -0.39 is 18.0 Å². The topological polar surface area (TPSA) is 188 Å². The number of alkyl halides is 3. The molecule has 0 bridgehead atoms. The molecule has 0 aliphatic carbocycles. The van der Waals surface area contributed by atoms with Crippen molar-refractivity contribution in [3.8, 4) is 6.07 Å². The Morgan fingerprint density at radius 1 is 0.956 bits per heavy atom. The number of rotatable bonds is 12. The van der Waals surface area contributed by atoms with Crippen LogP contribution in [0.15, 0.2) is 30.3 Å². The molecule has 0 unspecified atom stereocenters. The number of halogens is 3. The summed E-state index contributed by atoms with van der Waals surface area (Å²) < 4.78 is 41.4. The number of hydrogen-bond donors (Lipinski definition) is 6. The minimum atomic E-state index is -4.75. The second-order valence-corrected chi connectivity index (χ2v) is 11.0. The lowest BCUT2D eigenvalue weighted by Gasteiger charge is -2.41. The molecule has 16 heteroatoms. The summed E-state index contributed by atoms with van der Waals surface area (Å²) in [5, 5.41) is 26.9. The number of carbonyl (C=O) groups is 2. The monoisotopic (exact) mass is 629 g/mol. The molecule has 2 aromatic rings. The molecule has 45 heavy (non-hydrogen) atoms. The largest absolute Gasteiger partial charge is 0.451 e. The molecule has 0 radical (unpaired) electrons. The summed E-state index contributed by atoms with van der Waals surface area (Å²) in [6, 6.07) is 9.68. The average Bonchev–Trinajstić information content (AvgIpc) is 2.99. The van der Waals surface area contributed by atoms with Crippen molar-refractivity contribution < 1.29 is 22.8 Å². The highest BCUT2D eigenvalue weighted by Crippen LogP contribution is 2.34. The number of nitrogens with zero attached hydrogens (tertiary/aromatic N) is 5. The Kier molecular flexibility index (Phi) is 11.2. The number of piperidine rings is 1. The fraction of sp³-hybridized carbons (Fsp3) is 0.517. The lowest BCUT2D eigenvalue weighted by Crippen LogP contribution is -2.57. The van der Waals surface area contributed by atoms with Gasteiger partial charge in [-0.2, -0.15) is 18.4 Å². The van der Waals surface area contributed by atoms with E-state index in [0.717, 1.165) is 24.8 Å². The van der Waals surface area contributed by atoms with E-state index in [-0.39, 0.29) is 35.5 Å². The number of carbonyl (C=O) groups excluding carboxylic acids is 2. The smallest absolute Gasteiger partial charge is 0.370 e. The molecule has 3 amide bonds. The molecule has 1 atom stereocenters. The number of aromatic nitrogens is 2. The highest BCUT2D eigenvalue weighted by atomic mass is 19.4. The van der Waals surface area contributed by atoms with Gasteiger partial charge in [0.1, 0.15) is 17.7 Å². The van der Waals surface area contributed by atoms with Gasteiger partial charge in [0.15, 0.2) is 5.96 Å². The average molecular weight is 630 g/mol. The van der Waals surface area contributed by atoms with Crippen LogP contribution in [0.1, 0.15) is 42.6 Å². The first kappa shape index (κ1) is 33.1. The van der Waals surface area contributed by atoms with E-state index in [1.165, 1.54) is 6.07 Å². The molecular formula is C29H38F3N11O2. The van der Waals surface area contributed by atoms with Crippen molar-refractivity contribution in [2.45, 2.75) is 44.3 Å². The third kappa shape index (κ3) is 9.59. The first-order chi connectivity index (χ1) is 21.5. The third-order valence-electron chi connectivity index (χ3n) is 7.87. The minimum absolute atomic E-state index is 0.0710. The Bertz CT molecular complexity index is 1370. The van der Waals surface area contributed by atoms with E-state index >= 15 is 0 Å². The van der Waals surface area contributed by atoms with Gasteiger partial charge >= 0.3 is 12.2 Å². The van der Waals surface area contributed by atoms with Crippen LogP contribution < -0.4 is 36.8 Å². The van der Waals surface area contributed by atoms with E-state index in [1.54, 1.807) is 17.0 Å². The second-order valence-electron chi connectivity index (χ2n) is 11.0. The minimum Gasteiger partial charge on any atom is -0.370 e. The van der Waals surface area contributed by atoms with Crippen molar-refractivity contribution in [1.29, 1.82) is 10.7 Å². The van der Waals surface area contributed by atoms with Crippen molar-refractivity contribution in [2.24, 2.45) is 11.7 Å². The Labute approximate surface area is 259 Å². The molecule has 4 rings (SSSR count). The Morgan fingerprint density at radius 2 is 1.62 bits per heavy atom. The molecule has 1 aromatic carbocycles. The summed E-state index contributed by atoms with van der Waals surface area (Å²) in [6.45, 7) is 2.87. The van der Waals surface area contributed by atoms with Crippen LogP contribution in [-0.4, -0.2) is 79.7 Å². The molecule has 2 aliphatic rings. The van der Waals surface area contributed by atoms with Gasteiger partial charge in [0.05, 0.1) is 11.6 Å². The molecule has 7 N–H and O–H groups in total. The molecule has 2 aliphatic heterocycles. The molecule has 2 saturated heterocycles. The number of hydrogen-bond acceptors (Lipinski definition) is 8. The number of nitrogens with two attached hydrogens (primary N) is 1. The first-order valence-electron chi connectivity index (χ1n) is 14.9. The van der Waals surface area contributed by atoms with Crippen molar-refractivity contribution in [3.05, 3.63) is 47.3 Å². The van der Waals surface area contributed by atoms with Crippen LogP contribution in [0.2, 0.25) is 0 Å². The van der Waals surface area contributed by atoms with Gasteiger partial charge in [-0.15, -0.1) is 0 Å². The zero-order valence-corrected chi connectivity index (χ0v) is 24.8. The quantitative estimate of drug-likeness (QED) is 0.115. The highest BCUT2D eigenvalue weighted by Gasteiger charge is 2.40. The molecule has 242 valence electrons. The number of anilines is 2. The van der Waals surface area contributed by atoms with E-state index in [9.17, 15) is 22.8 Å². The van der Waals surface area contributed by atoms with Crippen LogP contribution in [0.4, 0.5) is 29.6 Å². The van der Waals surface area contributed by atoms with Crippen molar-refractivity contribution in [1.82, 2.24) is 31.2 Å². The number of guanidine groups is 1. The molecular weight excluding hydrogens is 591 g/mol. The summed E-state index contributed by atoms with van der Waals surface area (Å²) in [4.78, 5) is 35.8. The summed E-state index contributed by atoms with van der Waals surface area (Å²) in [6.07, 6.45) is -1.52. The zero-order valence-electron chi connectivity index (χ0n) is 24.8. The van der Waals surface area contributed by atoms with Crippen molar-refractivity contribution >= 4 is 29.5 Å². The second kappa shape index (κ2) is 15.3. The lowest BCUT2D eigenvalue weighted by atomic mass is 9.93. The van der Waals surface area contributed by atoms with Gasteiger partial charge in [-0.3, -0.25) is 10.2 Å². The maximum Gasteiger partial charge on any atom is 0.451 e. The molecule has 3 heterocycles. The van der Waals surface area contributed by atoms with Crippen LogP contribution in [0.3, 0.4) is 0 Å². The van der Waals surface area contributed by atoms with Crippen LogP contribution in [0.25, 0.3) is 0 Å². The summed E-state index contributed by atoms with van der Waals surface area (Å²) >= 11 is 0. The van der Waals surface area contributed by atoms with Crippen molar-refractivity contribution in [2.75, 3.05) is 55.6 Å². The Balaban J connectivity index is 1.29. The number of amides is 3. The first-order valence-corrected chi connectivity index (χ1v) is 14.9. The molecule has 1 aromatic heterocycles. The van der Waals surface area contributed by atoms with Crippen LogP contribution in [0.5, 0.6) is 0 Å². The van der Waals surface area contributed by atoms with Gasteiger partial charge in [-0.25, -0.2) is 14.8 Å². The van der Waals surface area contributed by atoms with Crippen LogP contribution in [0, 0.1) is 22.7 Å². The fourth-order valence-electron chi connectivity index (χ4n) is 5.26. The number of nitrogens with one attached hydrogen (secondary N) is 5. The summed E-state index contributed by atoms with van der Waals surface area (Å²) in [5.74, 6) is -1.15. The van der Waals surface area contributed by atoms with Crippen LogP contribution >= 0.6 is 0 Å². The summed E-state index contributed by atoms with van der Waals surface area (Å²) in [7, 11) is 0. The van der Waals surface area contributed by atoms with E-state index in [0.29, 0.717) is 64.2 Å². The number of nitriles is 1. The van der Waals surface area contributed by atoms with E-state index in [4.69, 9.17) is 16.4 Å². The SMILES string of the molecule is N#Cc1ccc(CCNC(=O)[C@@H]2CCN2c2cc(N3CCC(CCNC(=O)NCCNC(=N)N)CC3)nc(C(F)(F)F)n2)cc1. The number of urea groups is 1. The highest BCUT2D eigenvalue weighted by molar-refractivity contribution is 5.86. The van der Waals surface area contributed by atoms with Crippen LogP contribution in [-0.2, 0) is 17.4 Å². The zero-order chi connectivity index (χ0) is 32.4. The maximum atomic E-state index is 13.8. The van der Waals surface area contributed by atoms with Crippen molar-refractivity contribution in [3.63, 3.8) is 0 Å². The van der Waals surface area contributed by atoms with Gasteiger partial charge in [-0.1, -0.05) is 12.1 Å². The normalized spacial score (nSPS) is 16.7. The van der Waals surface area contributed by atoms with Gasteiger partial charge in [0.25, 0.3) is 0 Å². The molecule has 0 saturated carbocycles.